The molecule has 0 fully saturated rings. The van der Waals surface area contributed by atoms with Crippen LogP contribution in [0.2, 0.25) is 0 Å². The minimum Gasteiger partial charge on any atom is -0.497 e. The van der Waals surface area contributed by atoms with Crippen molar-refractivity contribution in [2.24, 2.45) is 0 Å². The smallest absolute Gasteiger partial charge is 0.257 e. The van der Waals surface area contributed by atoms with E-state index in [0.29, 0.717) is 40.6 Å². The van der Waals surface area contributed by atoms with Crippen molar-refractivity contribution in [3.8, 4) is 23.0 Å². The number of fused-ring (bicyclic) bond motifs is 1. The summed E-state index contributed by atoms with van der Waals surface area (Å²) in [6, 6.07) is 29.7. The second-order valence-corrected chi connectivity index (χ2v) is 8.55. The third kappa shape index (κ3) is 5.94. The van der Waals surface area contributed by atoms with Gasteiger partial charge in [0, 0.05) is 16.8 Å². The third-order valence-electron chi connectivity index (χ3n) is 5.57. The summed E-state index contributed by atoms with van der Waals surface area (Å²) in [4.78, 5) is 17.2. The molecule has 7 nitrogen and oxygen atoms in total. The maximum absolute atomic E-state index is 12.6. The lowest BCUT2D eigenvalue weighted by Crippen LogP contribution is -2.34. The van der Waals surface area contributed by atoms with Crippen molar-refractivity contribution in [2.75, 3.05) is 12.4 Å². The molecule has 5 rings (SSSR count). The van der Waals surface area contributed by atoms with Crippen molar-refractivity contribution < 1.29 is 18.7 Å². The fraction of sp³-hybridized carbons (Fsp3) is 0.0690. The Morgan fingerprint density at radius 1 is 0.919 bits per heavy atom. The van der Waals surface area contributed by atoms with Crippen LogP contribution in [0.1, 0.15) is 15.9 Å². The van der Waals surface area contributed by atoms with Crippen LogP contribution in [0.4, 0.5) is 5.69 Å². The van der Waals surface area contributed by atoms with E-state index in [-0.39, 0.29) is 11.0 Å². The first-order chi connectivity index (χ1) is 18.1. The molecule has 37 heavy (non-hydrogen) atoms. The first kappa shape index (κ1) is 24.0. The molecular formula is C29H23N3O4S. The summed E-state index contributed by atoms with van der Waals surface area (Å²) in [5.41, 5.74) is 4.36. The highest BCUT2D eigenvalue weighted by molar-refractivity contribution is 7.80. The van der Waals surface area contributed by atoms with Crippen LogP contribution in [-0.4, -0.2) is 23.1 Å². The average Bonchev–Trinajstić information content (AvgIpc) is 3.36. The predicted octanol–water partition coefficient (Wildman–Crippen LogP) is 6.21. The van der Waals surface area contributed by atoms with Crippen molar-refractivity contribution in [1.29, 1.82) is 0 Å². The summed E-state index contributed by atoms with van der Waals surface area (Å²) < 4.78 is 16.8. The molecule has 8 heteroatoms. The van der Waals surface area contributed by atoms with Crippen LogP contribution in [0.15, 0.2) is 101 Å². The van der Waals surface area contributed by atoms with Crippen molar-refractivity contribution in [1.82, 2.24) is 10.3 Å². The first-order valence-electron chi connectivity index (χ1n) is 11.5. The number of benzene rings is 4. The maximum Gasteiger partial charge on any atom is 0.257 e. The number of hydrogen-bond donors (Lipinski definition) is 2. The highest BCUT2D eigenvalue weighted by Crippen LogP contribution is 2.27. The monoisotopic (exact) mass is 509 g/mol. The molecule has 4 aromatic carbocycles. The average molecular weight is 510 g/mol. The number of carbonyl (C=O) groups is 1. The van der Waals surface area contributed by atoms with E-state index in [2.05, 4.69) is 15.6 Å². The topological polar surface area (TPSA) is 85.6 Å². The number of ether oxygens (including phenoxy) is 2. The second kappa shape index (κ2) is 10.9. The van der Waals surface area contributed by atoms with Gasteiger partial charge < -0.3 is 19.2 Å². The number of amides is 1. The Hall–Kier alpha value is -4.69. The summed E-state index contributed by atoms with van der Waals surface area (Å²) in [5.74, 6) is 1.61. The lowest BCUT2D eigenvalue weighted by Gasteiger charge is -2.10. The number of nitrogens with one attached hydrogen (secondary N) is 2. The van der Waals surface area contributed by atoms with Gasteiger partial charge in [-0.1, -0.05) is 30.3 Å². The number of anilines is 1. The Kier molecular flexibility index (Phi) is 7.09. The van der Waals surface area contributed by atoms with E-state index in [1.807, 2.05) is 66.7 Å². The number of aromatic nitrogens is 1. The zero-order valence-electron chi connectivity index (χ0n) is 19.9. The molecular weight excluding hydrogens is 486 g/mol. The first-order valence-corrected chi connectivity index (χ1v) is 11.9. The lowest BCUT2D eigenvalue weighted by molar-refractivity contribution is 0.0977. The van der Waals surface area contributed by atoms with Crippen LogP contribution >= 0.6 is 12.2 Å². The number of thiocarbonyl (C=S) groups is 1. The Morgan fingerprint density at radius 3 is 2.38 bits per heavy atom. The molecule has 0 atom stereocenters. The Labute approximate surface area is 219 Å². The molecule has 0 aliphatic heterocycles. The summed E-state index contributed by atoms with van der Waals surface area (Å²) in [6.07, 6.45) is 0. The van der Waals surface area contributed by atoms with Crippen molar-refractivity contribution >= 4 is 40.0 Å². The van der Waals surface area contributed by atoms with Crippen LogP contribution in [0.25, 0.3) is 22.6 Å². The summed E-state index contributed by atoms with van der Waals surface area (Å²) in [6.45, 7) is 0.456. The third-order valence-corrected chi connectivity index (χ3v) is 5.78. The van der Waals surface area contributed by atoms with Gasteiger partial charge in [0.2, 0.25) is 5.89 Å². The molecule has 0 unspecified atom stereocenters. The van der Waals surface area contributed by atoms with Crippen LogP contribution in [-0.2, 0) is 6.61 Å². The molecule has 1 heterocycles. The molecule has 0 spiro atoms. The molecule has 0 bridgehead atoms. The van der Waals surface area contributed by atoms with Gasteiger partial charge in [-0.25, -0.2) is 4.98 Å². The van der Waals surface area contributed by atoms with Gasteiger partial charge in [-0.15, -0.1) is 0 Å². The zero-order valence-corrected chi connectivity index (χ0v) is 20.7. The largest absolute Gasteiger partial charge is 0.497 e. The number of oxazole rings is 1. The SMILES string of the molecule is COc1ccc(-c2nc3cc(NC(=S)NC(=O)c4ccc(OCc5ccccc5)cc4)ccc3o2)cc1. The normalized spacial score (nSPS) is 10.6. The molecule has 2 N–H and O–H groups in total. The van der Waals surface area contributed by atoms with Gasteiger partial charge in [0.05, 0.1) is 7.11 Å². The van der Waals surface area contributed by atoms with E-state index < -0.39 is 0 Å². The molecule has 184 valence electrons. The molecule has 0 saturated carbocycles. The van der Waals surface area contributed by atoms with E-state index in [0.717, 1.165) is 16.9 Å². The summed E-state index contributed by atoms with van der Waals surface area (Å²) >= 11 is 5.34. The van der Waals surface area contributed by atoms with E-state index in [4.69, 9.17) is 26.1 Å². The van der Waals surface area contributed by atoms with Crippen molar-refractivity contribution in [3.05, 3.63) is 108 Å². The maximum atomic E-state index is 12.6. The van der Waals surface area contributed by atoms with Gasteiger partial charge in [-0.3, -0.25) is 10.1 Å². The summed E-state index contributed by atoms with van der Waals surface area (Å²) in [7, 11) is 1.62. The van der Waals surface area contributed by atoms with Crippen LogP contribution in [0.3, 0.4) is 0 Å². The summed E-state index contributed by atoms with van der Waals surface area (Å²) in [5, 5.41) is 5.90. The van der Waals surface area contributed by atoms with Gasteiger partial charge in [-0.2, -0.15) is 0 Å². The highest BCUT2D eigenvalue weighted by Gasteiger charge is 2.12. The molecule has 0 saturated heterocycles. The van der Waals surface area contributed by atoms with Gasteiger partial charge >= 0.3 is 0 Å². The number of hydrogen-bond acceptors (Lipinski definition) is 6. The Balaban J connectivity index is 1.18. The molecule has 0 radical (unpaired) electrons. The highest BCUT2D eigenvalue weighted by atomic mass is 32.1. The van der Waals surface area contributed by atoms with Crippen LogP contribution < -0.4 is 20.1 Å². The molecule has 0 aliphatic rings. The number of methoxy groups -OCH3 is 1. The molecule has 5 aromatic rings. The fourth-order valence-electron chi connectivity index (χ4n) is 3.64. The van der Waals surface area contributed by atoms with Crippen LogP contribution in [0, 0.1) is 0 Å². The minimum absolute atomic E-state index is 0.174. The van der Waals surface area contributed by atoms with Crippen molar-refractivity contribution in [2.45, 2.75) is 6.61 Å². The van der Waals surface area contributed by atoms with Gasteiger partial charge in [0.15, 0.2) is 10.7 Å². The standard InChI is InChI=1S/C29H23N3O4S/c1-34-23-12-9-21(10-13-23)28-31-25-17-22(11-16-26(25)36-28)30-29(37)32-27(33)20-7-14-24(15-8-20)35-18-19-5-3-2-4-6-19/h2-17H,18H2,1H3,(H2,30,32,33,37). The van der Waals surface area contributed by atoms with E-state index in [1.165, 1.54) is 0 Å². The molecule has 0 aliphatic carbocycles. The second-order valence-electron chi connectivity index (χ2n) is 8.14. The van der Waals surface area contributed by atoms with E-state index in [9.17, 15) is 4.79 Å². The molecule has 1 amide bonds. The van der Waals surface area contributed by atoms with Crippen molar-refractivity contribution in [3.63, 3.8) is 0 Å². The lowest BCUT2D eigenvalue weighted by atomic mass is 10.2. The van der Waals surface area contributed by atoms with E-state index >= 15 is 0 Å². The number of carbonyl (C=O) groups excluding carboxylic acids is 1. The Morgan fingerprint density at radius 2 is 1.65 bits per heavy atom. The minimum atomic E-state index is -0.323. The van der Waals surface area contributed by atoms with Gasteiger partial charge in [0.25, 0.3) is 5.91 Å². The van der Waals surface area contributed by atoms with E-state index in [1.54, 1.807) is 37.4 Å². The Bertz CT molecular complexity index is 1530. The zero-order chi connectivity index (χ0) is 25.6. The van der Waals surface area contributed by atoms with Gasteiger partial charge in [-0.05, 0) is 84.5 Å². The quantitative estimate of drug-likeness (QED) is 0.252. The van der Waals surface area contributed by atoms with Gasteiger partial charge in [0.1, 0.15) is 23.6 Å². The predicted molar refractivity (Wildman–Crippen MR) is 147 cm³/mol. The number of nitrogens with zero attached hydrogens (tertiary/aromatic N) is 1. The fourth-order valence-corrected chi connectivity index (χ4v) is 3.85. The molecule has 1 aromatic heterocycles. The number of rotatable bonds is 7. The van der Waals surface area contributed by atoms with Crippen LogP contribution in [0.5, 0.6) is 11.5 Å².